The zero-order chi connectivity index (χ0) is 13.8. The van der Waals surface area contributed by atoms with E-state index in [9.17, 15) is 8.42 Å². The van der Waals surface area contributed by atoms with Gasteiger partial charge in [-0.05, 0) is 20.3 Å². The Balaban J connectivity index is 3.17. The molecule has 6 heteroatoms. The third-order valence-corrected chi connectivity index (χ3v) is 4.16. The highest BCUT2D eigenvalue weighted by molar-refractivity contribution is 7.90. The average Bonchev–Trinajstić information content (AvgIpc) is 2.27. The zero-order valence-electron chi connectivity index (χ0n) is 11.4. The number of aromatic nitrogens is 2. The van der Waals surface area contributed by atoms with Gasteiger partial charge in [0.15, 0.2) is 9.84 Å². The molecular formula is C12H21N3O2S. The molecule has 0 saturated heterocycles. The molecule has 102 valence electrons. The van der Waals surface area contributed by atoms with E-state index in [0.29, 0.717) is 11.6 Å². The number of hydrogen-bond acceptors (Lipinski definition) is 5. The number of rotatable bonds is 6. The van der Waals surface area contributed by atoms with Gasteiger partial charge in [-0.15, -0.1) is 0 Å². The predicted octanol–water partition coefficient (Wildman–Crippen LogP) is 1.97. The standard InChI is InChI=1S/C12H21N3O2S/c1-5-7-10-8-11(13-6-2)15-12(14-10)9(3)18(4,16)17/h8-9H,5-7H2,1-4H3,(H,13,14,15). The minimum atomic E-state index is -3.17. The molecule has 0 spiro atoms. The molecule has 0 fully saturated rings. The van der Waals surface area contributed by atoms with Crippen LogP contribution in [0.1, 0.15) is 44.0 Å². The molecule has 0 aromatic carbocycles. The first kappa shape index (κ1) is 14.9. The van der Waals surface area contributed by atoms with E-state index in [1.807, 2.05) is 13.0 Å². The van der Waals surface area contributed by atoms with E-state index in [0.717, 1.165) is 25.1 Å². The van der Waals surface area contributed by atoms with Crippen molar-refractivity contribution in [3.8, 4) is 0 Å². The van der Waals surface area contributed by atoms with Crippen molar-refractivity contribution in [1.82, 2.24) is 9.97 Å². The molecule has 0 aliphatic rings. The van der Waals surface area contributed by atoms with Crippen LogP contribution >= 0.6 is 0 Å². The highest BCUT2D eigenvalue weighted by atomic mass is 32.2. The molecule has 0 aliphatic heterocycles. The first-order chi connectivity index (χ1) is 8.38. The number of anilines is 1. The molecule has 0 radical (unpaired) electrons. The molecule has 0 aliphatic carbocycles. The Kier molecular flexibility index (Phi) is 5.07. The van der Waals surface area contributed by atoms with Gasteiger partial charge in [0.25, 0.3) is 0 Å². The lowest BCUT2D eigenvalue weighted by Gasteiger charge is -2.12. The fourth-order valence-corrected chi connectivity index (χ4v) is 2.04. The first-order valence-corrected chi connectivity index (χ1v) is 8.14. The van der Waals surface area contributed by atoms with Crippen LogP contribution in [0.5, 0.6) is 0 Å². The first-order valence-electron chi connectivity index (χ1n) is 6.19. The summed E-state index contributed by atoms with van der Waals surface area (Å²) in [6.07, 6.45) is 3.00. The Morgan fingerprint density at radius 1 is 1.33 bits per heavy atom. The summed E-state index contributed by atoms with van der Waals surface area (Å²) in [5.41, 5.74) is 0.883. The summed E-state index contributed by atoms with van der Waals surface area (Å²) in [4.78, 5) is 8.61. The van der Waals surface area contributed by atoms with Crippen LogP contribution in [0.2, 0.25) is 0 Å². The topological polar surface area (TPSA) is 72.0 Å². The molecule has 0 bridgehead atoms. The van der Waals surface area contributed by atoms with Crippen LogP contribution < -0.4 is 5.32 Å². The van der Waals surface area contributed by atoms with E-state index < -0.39 is 15.1 Å². The maximum atomic E-state index is 11.6. The summed E-state index contributed by atoms with van der Waals surface area (Å²) in [6, 6.07) is 1.88. The summed E-state index contributed by atoms with van der Waals surface area (Å²) in [6.45, 7) is 6.40. The van der Waals surface area contributed by atoms with Gasteiger partial charge in [-0.2, -0.15) is 0 Å². The Bertz CT molecular complexity index is 476. The average molecular weight is 271 g/mol. The SMILES string of the molecule is CCCc1cc(NCC)nc(C(C)S(C)(=O)=O)n1. The van der Waals surface area contributed by atoms with E-state index >= 15 is 0 Å². The Hall–Kier alpha value is -1.17. The Morgan fingerprint density at radius 2 is 2.00 bits per heavy atom. The smallest absolute Gasteiger partial charge is 0.157 e. The number of nitrogens with one attached hydrogen (secondary N) is 1. The van der Waals surface area contributed by atoms with Gasteiger partial charge in [0.05, 0.1) is 0 Å². The molecule has 5 nitrogen and oxygen atoms in total. The molecule has 1 aromatic heterocycles. The van der Waals surface area contributed by atoms with Gasteiger partial charge in [-0.3, -0.25) is 0 Å². The number of nitrogens with zero attached hydrogens (tertiary/aromatic N) is 2. The summed E-state index contributed by atoms with van der Waals surface area (Å²) in [5, 5.41) is 2.43. The highest BCUT2D eigenvalue weighted by Gasteiger charge is 2.21. The van der Waals surface area contributed by atoms with Crippen LogP contribution in [-0.2, 0) is 16.3 Å². The van der Waals surface area contributed by atoms with Gasteiger partial charge >= 0.3 is 0 Å². The molecule has 0 saturated carbocycles. The van der Waals surface area contributed by atoms with Crippen molar-refractivity contribution in [3.05, 3.63) is 17.6 Å². The molecule has 1 atom stereocenters. The van der Waals surface area contributed by atoms with Gasteiger partial charge < -0.3 is 5.32 Å². The summed E-state index contributed by atoms with van der Waals surface area (Å²) < 4.78 is 23.1. The lowest BCUT2D eigenvalue weighted by Crippen LogP contribution is -2.14. The molecule has 1 rings (SSSR count). The molecular weight excluding hydrogens is 250 g/mol. The third-order valence-electron chi connectivity index (χ3n) is 2.67. The van der Waals surface area contributed by atoms with Crippen LogP contribution in [0.15, 0.2) is 6.07 Å². The van der Waals surface area contributed by atoms with Crippen molar-refractivity contribution in [2.24, 2.45) is 0 Å². The minimum Gasteiger partial charge on any atom is -0.370 e. The number of hydrogen-bond donors (Lipinski definition) is 1. The van der Waals surface area contributed by atoms with E-state index in [-0.39, 0.29) is 0 Å². The maximum Gasteiger partial charge on any atom is 0.157 e. The van der Waals surface area contributed by atoms with Gasteiger partial charge in [0, 0.05) is 24.6 Å². The van der Waals surface area contributed by atoms with E-state index in [1.165, 1.54) is 6.26 Å². The predicted molar refractivity (Wildman–Crippen MR) is 73.4 cm³/mol. The quantitative estimate of drug-likeness (QED) is 0.856. The van der Waals surface area contributed by atoms with E-state index in [1.54, 1.807) is 6.92 Å². The normalized spacial score (nSPS) is 13.3. The van der Waals surface area contributed by atoms with Crippen molar-refractivity contribution in [1.29, 1.82) is 0 Å². The van der Waals surface area contributed by atoms with Crippen LogP contribution in [-0.4, -0.2) is 31.2 Å². The van der Waals surface area contributed by atoms with Gasteiger partial charge in [-0.1, -0.05) is 13.3 Å². The van der Waals surface area contributed by atoms with Crippen LogP contribution in [0.3, 0.4) is 0 Å². The molecule has 1 aromatic rings. The lowest BCUT2D eigenvalue weighted by molar-refractivity contribution is 0.588. The number of aryl methyl sites for hydroxylation is 1. The van der Waals surface area contributed by atoms with Crippen LogP contribution in [0.4, 0.5) is 5.82 Å². The summed E-state index contributed by atoms with van der Waals surface area (Å²) >= 11 is 0. The molecule has 18 heavy (non-hydrogen) atoms. The maximum absolute atomic E-state index is 11.6. The van der Waals surface area contributed by atoms with Crippen molar-refractivity contribution in [2.75, 3.05) is 18.1 Å². The summed E-state index contributed by atoms with van der Waals surface area (Å²) in [7, 11) is -3.17. The largest absolute Gasteiger partial charge is 0.370 e. The molecule has 1 heterocycles. The van der Waals surface area contributed by atoms with Crippen molar-refractivity contribution < 1.29 is 8.42 Å². The molecule has 1 N–H and O–H groups in total. The zero-order valence-corrected chi connectivity index (χ0v) is 12.2. The van der Waals surface area contributed by atoms with Crippen LogP contribution in [0.25, 0.3) is 0 Å². The Morgan fingerprint density at radius 3 is 2.50 bits per heavy atom. The fraction of sp³-hybridized carbons (Fsp3) is 0.667. The minimum absolute atomic E-state index is 0.374. The second-order valence-corrected chi connectivity index (χ2v) is 6.72. The Labute approximate surface area is 109 Å². The molecule has 0 amide bonds. The van der Waals surface area contributed by atoms with Crippen molar-refractivity contribution in [2.45, 2.75) is 38.9 Å². The van der Waals surface area contributed by atoms with Gasteiger partial charge in [-0.25, -0.2) is 18.4 Å². The van der Waals surface area contributed by atoms with Crippen LogP contribution in [0, 0.1) is 0 Å². The third kappa shape index (κ3) is 3.94. The van der Waals surface area contributed by atoms with E-state index in [2.05, 4.69) is 22.2 Å². The second-order valence-electron chi connectivity index (χ2n) is 4.35. The highest BCUT2D eigenvalue weighted by Crippen LogP contribution is 2.20. The van der Waals surface area contributed by atoms with E-state index in [4.69, 9.17) is 0 Å². The van der Waals surface area contributed by atoms with Gasteiger partial charge in [0.1, 0.15) is 16.9 Å². The lowest BCUT2D eigenvalue weighted by atomic mass is 10.2. The fourth-order valence-electron chi connectivity index (χ4n) is 1.55. The van der Waals surface area contributed by atoms with Crippen molar-refractivity contribution >= 4 is 15.7 Å². The van der Waals surface area contributed by atoms with Crippen molar-refractivity contribution in [3.63, 3.8) is 0 Å². The molecule has 1 unspecified atom stereocenters. The second kappa shape index (κ2) is 6.13. The monoisotopic (exact) mass is 271 g/mol. The number of sulfone groups is 1. The summed E-state index contributed by atoms with van der Waals surface area (Å²) in [5.74, 6) is 1.07. The van der Waals surface area contributed by atoms with Gasteiger partial charge in [0.2, 0.25) is 0 Å².